The number of hydrogen-bond acceptors (Lipinski definition) is 4. The second-order valence-corrected chi connectivity index (χ2v) is 8.56. The van der Waals surface area contributed by atoms with Crippen LogP contribution in [0, 0.1) is 17.6 Å². The van der Waals surface area contributed by atoms with Crippen molar-refractivity contribution in [2.45, 2.75) is 44.7 Å². The number of hydrogen-bond donors (Lipinski definition) is 2. The number of nitrogens with two attached hydrogens (primary N) is 1. The van der Waals surface area contributed by atoms with Crippen LogP contribution in [0.15, 0.2) is 48.7 Å². The topological polar surface area (TPSA) is 63.8 Å². The minimum absolute atomic E-state index is 0.326. The van der Waals surface area contributed by atoms with Crippen LogP contribution in [0.5, 0.6) is 0 Å². The molecule has 1 aliphatic carbocycles. The van der Waals surface area contributed by atoms with Crippen LogP contribution in [0.25, 0.3) is 11.3 Å². The number of nitrogens with zero attached hydrogens (tertiary/aromatic N) is 2. The van der Waals surface area contributed by atoms with Gasteiger partial charge in [0.05, 0.1) is 10.7 Å². The first kappa shape index (κ1) is 21.7. The minimum Gasteiger partial charge on any atom is -0.366 e. The number of benzene rings is 1. The first-order chi connectivity index (χ1) is 15.0. The zero-order valence-corrected chi connectivity index (χ0v) is 17.9. The molecule has 1 fully saturated rings. The Morgan fingerprint density at radius 2 is 1.84 bits per heavy atom. The van der Waals surface area contributed by atoms with Crippen molar-refractivity contribution in [1.29, 1.82) is 0 Å². The van der Waals surface area contributed by atoms with Gasteiger partial charge in [0.2, 0.25) is 0 Å². The molecule has 1 aliphatic rings. The molecule has 0 saturated heterocycles. The molecule has 162 valence electrons. The summed E-state index contributed by atoms with van der Waals surface area (Å²) in [6.07, 6.45) is 6.98. The molecule has 0 unspecified atom stereocenters. The Labute approximate surface area is 185 Å². The molecule has 1 saturated carbocycles. The normalized spacial score (nSPS) is 18.7. The van der Waals surface area contributed by atoms with Gasteiger partial charge in [0.25, 0.3) is 0 Å². The zero-order chi connectivity index (χ0) is 21.8. The predicted octanol–water partition coefficient (Wildman–Crippen LogP) is 5.75. The lowest BCUT2D eigenvalue weighted by molar-refractivity contribution is 0.323. The summed E-state index contributed by atoms with van der Waals surface area (Å²) < 4.78 is 26.5. The second-order valence-electron chi connectivity index (χ2n) is 8.15. The molecule has 3 aromatic rings. The highest BCUT2D eigenvalue weighted by atomic mass is 35.5. The van der Waals surface area contributed by atoms with Crippen LogP contribution >= 0.6 is 11.6 Å². The number of nitrogens with one attached hydrogen (secondary N) is 1. The Hall–Kier alpha value is -2.57. The average Bonchev–Trinajstić information content (AvgIpc) is 2.78. The monoisotopic (exact) mass is 442 g/mol. The van der Waals surface area contributed by atoms with Gasteiger partial charge in [0.1, 0.15) is 5.82 Å². The van der Waals surface area contributed by atoms with Crippen molar-refractivity contribution in [3.63, 3.8) is 0 Å². The first-order valence-corrected chi connectivity index (χ1v) is 10.9. The van der Waals surface area contributed by atoms with E-state index in [9.17, 15) is 8.78 Å². The van der Waals surface area contributed by atoms with Crippen LogP contribution in [-0.4, -0.2) is 16.0 Å². The SMILES string of the molecule is NC1CCC(Cc2cc(-c3cccc(NCc4ccc(F)c(F)c4)n3)c(Cl)cn2)CC1. The summed E-state index contributed by atoms with van der Waals surface area (Å²) in [4.78, 5) is 9.17. The van der Waals surface area contributed by atoms with Crippen LogP contribution in [0.2, 0.25) is 5.02 Å². The van der Waals surface area contributed by atoms with Gasteiger partial charge in [0, 0.05) is 30.0 Å². The Balaban J connectivity index is 1.48. The Bertz CT molecular complexity index is 1050. The van der Waals surface area contributed by atoms with Gasteiger partial charge in [-0.1, -0.05) is 23.7 Å². The van der Waals surface area contributed by atoms with E-state index in [1.807, 2.05) is 24.3 Å². The minimum atomic E-state index is -0.864. The molecule has 31 heavy (non-hydrogen) atoms. The van der Waals surface area contributed by atoms with Crippen LogP contribution in [0.4, 0.5) is 14.6 Å². The first-order valence-electron chi connectivity index (χ1n) is 10.5. The Morgan fingerprint density at radius 1 is 1.03 bits per heavy atom. The molecular weight excluding hydrogens is 418 g/mol. The van der Waals surface area contributed by atoms with Crippen molar-refractivity contribution in [2.75, 3.05) is 5.32 Å². The van der Waals surface area contributed by atoms with Crippen molar-refractivity contribution < 1.29 is 8.78 Å². The maximum Gasteiger partial charge on any atom is 0.159 e. The molecule has 7 heteroatoms. The number of aromatic nitrogens is 2. The fraction of sp³-hybridized carbons (Fsp3) is 0.333. The number of pyridine rings is 2. The van der Waals surface area contributed by atoms with E-state index in [4.69, 9.17) is 17.3 Å². The van der Waals surface area contributed by atoms with Crippen LogP contribution < -0.4 is 11.1 Å². The number of rotatable bonds is 6. The second kappa shape index (κ2) is 9.71. The van der Waals surface area contributed by atoms with E-state index >= 15 is 0 Å². The van der Waals surface area contributed by atoms with Crippen LogP contribution in [0.1, 0.15) is 36.9 Å². The summed E-state index contributed by atoms with van der Waals surface area (Å²) in [5, 5.41) is 3.69. The highest BCUT2D eigenvalue weighted by Gasteiger charge is 2.20. The van der Waals surface area contributed by atoms with Crippen molar-refractivity contribution >= 4 is 17.4 Å². The Morgan fingerprint density at radius 3 is 2.61 bits per heavy atom. The third kappa shape index (κ3) is 5.57. The highest BCUT2D eigenvalue weighted by molar-refractivity contribution is 6.33. The van der Waals surface area contributed by atoms with Gasteiger partial charge >= 0.3 is 0 Å². The lowest BCUT2D eigenvalue weighted by Crippen LogP contribution is -2.27. The standard InChI is InChI=1S/C24H25ClF2N4/c25-20-14-29-18(10-15-4-7-17(28)8-5-15)12-19(20)23-2-1-3-24(31-23)30-13-16-6-9-21(26)22(27)11-16/h1-3,6,9,11-12,14-15,17H,4-5,7-8,10,13,28H2,(H,30,31). The van der Waals surface area contributed by atoms with E-state index < -0.39 is 11.6 Å². The summed E-state index contributed by atoms with van der Waals surface area (Å²) in [6.45, 7) is 0.326. The van der Waals surface area contributed by atoms with E-state index in [-0.39, 0.29) is 0 Å². The van der Waals surface area contributed by atoms with Crippen molar-refractivity contribution in [3.05, 3.63) is 76.6 Å². The van der Waals surface area contributed by atoms with E-state index in [1.54, 1.807) is 12.3 Å². The lowest BCUT2D eigenvalue weighted by Gasteiger charge is -2.25. The molecule has 4 nitrogen and oxygen atoms in total. The molecule has 0 spiro atoms. The average molecular weight is 443 g/mol. The highest BCUT2D eigenvalue weighted by Crippen LogP contribution is 2.30. The number of anilines is 1. The summed E-state index contributed by atoms with van der Waals surface area (Å²) in [7, 11) is 0. The van der Waals surface area contributed by atoms with Gasteiger partial charge in [-0.25, -0.2) is 13.8 Å². The maximum atomic E-state index is 13.4. The van der Waals surface area contributed by atoms with Crippen LogP contribution in [-0.2, 0) is 13.0 Å². The van der Waals surface area contributed by atoms with Gasteiger partial charge in [-0.3, -0.25) is 4.98 Å². The van der Waals surface area contributed by atoms with E-state index in [1.165, 1.54) is 6.07 Å². The van der Waals surface area contributed by atoms with Crippen molar-refractivity contribution in [3.8, 4) is 11.3 Å². The number of halogens is 3. The van der Waals surface area contributed by atoms with Gasteiger partial charge in [-0.05, 0) is 73.9 Å². The van der Waals surface area contributed by atoms with Gasteiger partial charge in [-0.2, -0.15) is 0 Å². The van der Waals surface area contributed by atoms with E-state index in [0.29, 0.717) is 34.9 Å². The van der Waals surface area contributed by atoms with Crippen molar-refractivity contribution in [1.82, 2.24) is 9.97 Å². The smallest absolute Gasteiger partial charge is 0.159 e. The van der Waals surface area contributed by atoms with E-state index in [0.717, 1.165) is 55.1 Å². The van der Waals surface area contributed by atoms with Gasteiger partial charge < -0.3 is 11.1 Å². The lowest BCUT2D eigenvalue weighted by atomic mass is 9.83. The predicted molar refractivity (Wildman–Crippen MR) is 120 cm³/mol. The Kier molecular flexibility index (Phi) is 6.78. The molecule has 0 atom stereocenters. The maximum absolute atomic E-state index is 13.4. The largest absolute Gasteiger partial charge is 0.366 e. The molecule has 0 amide bonds. The molecule has 3 N–H and O–H groups in total. The summed E-state index contributed by atoms with van der Waals surface area (Å²) in [5.41, 5.74) is 9.21. The van der Waals surface area contributed by atoms with E-state index in [2.05, 4.69) is 15.3 Å². The zero-order valence-electron chi connectivity index (χ0n) is 17.1. The summed E-state index contributed by atoms with van der Waals surface area (Å²) >= 11 is 6.43. The summed E-state index contributed by atoms with van der Waals surface area (Å²) in [6, 6.07) is 11.8. The molecule has 1 aromatic carbocycles. The third-order valence-corrected chi connectivity index (χ3v) is 6.09. The fourth-order valence-electron chi connectivity index (χ4n) is 4.00. The molecule has 2 heterocycles. The van der Waals surface area contributed by atoms with Crippen LogP contribution in [0.3, 0.4) is 0 Å². The summed E-state index contributed by atoms with van der Waals surface area (Å²) in [5.74, 6) is -0.503. The van der Waals surface area contributed by atoms with Crippen molar-refractivity contribution in [2.24, 2.45) is 11.7 Å². The van der Waals surface area contributed by atoms with Gasteiger partial charge in [-0.15, -0.1) is 0 Å². The van der Waals surface area contributed by atoms with Gasteiger partial charge in [0.15, 0.2) is 11.6 Å². The molecular formula is C24H25ClF2N4. The molecule has 4 rings (SSSR count). The molecule has 2 aromatic heterocycles. The fourth-order valence-corrected chi connectivity index (χ4v) is 4.20. The molecule has 0 bridgehead atoms. The third-order valence-electron chi connectivity index (χ3n) is 5.78. The molecule has 0 aliphatic heterocycles. The quantitative estimate of drug-likeness (QED) is 0.510. The molecule has 0 radical (unpaired) electrons.